The average Bonchev–Trinajstić information content (AvgIpc) is 3.30. The summed E-state index contributed by atoms with van der Waals surface area (Å²) in [4.78, 5) is 34.6. The third-order valence-electron chi connectivity index (χ3n) is 5.01. The second kappa shape index (κ2) is 9.21. The van der Waals surface area contributed by atoms with Gasteiger partial charge in [-0.2, -0.15) is 0 Å². The van der Waals surface area contributed by atoms with E-state index in [-0.39, 0.29) is 11.7 Å². The first kappa shape index (κ1) is 19.6. The van der Waals surface area contributed by atoms with Gasteiger partial charge in [0.15, 0.2) is 0 Å². The lowest BCUT2D eigenvalue weighted by Crippen LogP contribution is -2.28. The third kappa shape index (κ3) is 5.02. The van der Waals surface area contributed by atoms with Crippen molar-refractivity contribution in [2.75, 3.05) is 23.3 Å². The molecule has 4 rings (SSSR count). The maximum atomic E-state index is 12.3. The Kier molecular flexibility index (Phi) is 6.03. The minimum absolute atomic E-state index is 0.297. The van der Waals surface area contributed by atoms with Crippen LogP contribution >= 0.6 is 0 Å². The maximum Gasteiger partial charge on any atom is 0.347 e. The summed E-state index contributed by atoms with van der Waals surface area (Å²) in [7, 11) is 0. The number of amides is 2. The number of benzene rings is 1. The fraction of sp³-hybridized carbons (Fsp3) is 0.273. The highest BCUT2D eigenvalue weighted by Gasteiger charge is 2.13. The fourth-order valence-electron chi connectivity index (χ4n) is 3.46. The second-order valence-corrected chi connectivity index (χ2v) is 7.26. The van der Waals surface area contributed by atoms with Crippen LogP contribution in [0.1, 0.15) is 24.0 Å². The number of hydrogen-bond donors (Lipinski definition) is 2. The van der Waals surface area contributed by atoms with Crippen LogP contribution in [-0.4, -0.2) is 33.7 Å². The van der Waals surface area contributed by atoms with Crippen molar-refractivity contribution in [1.82, 2.24) is 19.9 Å². The number of nitrogens with one attached hydrogen (secondary N) is 2. The van der Waals surface area contributed by atoms with Gasteiger partial charge in [0.05, 0.1) is 6.54 Å². The largest absolute Gasteiger partial charge is 0.357 e. The Bertz CT molecular complexity index is 1060. The Morgan fingerprint density at radius 1 is 1.03 bits per heavy atom. The zero-order chi connectivity index (χ0) is 20.8. The van der Waals surface area contributed by atoms with Crippen LogP contribution in [0.2, 0.25) is 0 Å². The molecule has 1 saturated heterocycles. The fourth-order valence-corrected chi connectivity index (χ4v) is 3.46. The molecule has 154 valence electrons. The van der Waals surface area contributed by atoms with Crippen LogP contribution in [-0.2, 0) is 13.1 Å². The van der Waals surface area contributed by atoms with Gasteiger partial charge >= 0.3 is 11.7 Å². The number of carbonyl (C=O) groups is 1. The minimum Gasteiger partial charge on any atom is -0.357 e. The van der Waals surface area contributed by atoms with E-state index in [2.05, 4.69) is 25.5 Å². The SMILES string of the molecule is O=C(NCc1ccc(N2CCCC2)nc1)Nc1cccc(Cn2cccnc2=O)c1. The highest BCUT2D eigenvalue weighted by atomic mass is 16.2. The van der Waals surface area contributed by atoms with E-state index in [4.69, 9.17) is 0 Å². The Balaban J connectivity index is 1.30. The van der Waals surface area contributed by atoms with Gasteiger partial charge < -0.3 is 15.5 Å². The van der Waals surface area contributed by atoms with Gasteiger partial charge in [0.2, 0.25) is 0 Å². The average molecular weight is 404 g/mol. The molecular formula is C22H24N6O2. The van der Waals surface area contributed by atoms with Crippen molar-refractivity contribution >= 4 is 17.5 Å². The number of aromatic nitrogens is 3. The molecule has 2 N–H and O–H groups in total. The molecule has 1 aliphatic heterocycles. The number of rotatable bonds is 6. The zero-order valence-corrected chi connectivity index (χ0v) is 16.6. The lowest BCUT2D eigenvalue weighted by atomic mass is 10.2. The molecule has 1 aliphatic rings. The molecule has 0 radical (unpaired) electrons. The molecule has 0 unspecified atom stereocenters. The molecule has 3 aromatic rings. The Hall–Kier alpha value is -3.68. The summed E-state index contributed by atoms with van der Waals surface area (Å²) in [6.07, 6.45) is 7.39. The Morgan fingerprint density at radius 3 is 2.67 bits per heavy atom. The van der Waals surface area contributed by atoms with Gasteiger partial charge in [0.25, 0.3) is 0 Å². The van der Waals surface area contributed by atoms with Crippen molar-refractivity contribution in [2.24, 2.45) is 0 Å². The molecule has 3 heterocycles. The number of nitrogens with zero attached hydrogens (tertiary/aromatic N) is 4. The Labute approximate surface area is 174 Å². The number of pyridine rings is 1. The summed E-state index contributed by atoms with van der Waals surface area (Å²) in [5.74, 6) is 0.991. The highest BCUT2D eigenvalue weighted by molar-refractivity contribution is 5.89. The molecule has 0 aliphatic carbocycles. The van der Waals surface area contributed by atoms with Gasteiger partial charge in [-0.05, 0) is 48.2 Å². The number of anilines is 2. The molecule has 0 atom stereocenters. The lowest BCUT2D eigenvalue weighted by molar-refractivity contribution is 0.251. The molecule has 8 nitrogen and oxygen atoms in total. The zero-order valence-electron chi connectivity index (χ0n) is 16.6. The normalized spacial score (nSPS) is 13.3. The highest BCUT2D eigenvalue weighted by Crippen LogP contribution is 2.17. The first-order valence-electron chi connectivity index (χ1n) is 10.0. The molecular weight excluding hydrogens is 380 g/mol. The maximum absolute atomic E-state index is 12.3. The molecule has 30 heavy (non-hydrogen) atoms. The predicted molar refractivity (Wildman–Crippen MR) is 116 cm³/mol. The van der Waals surface area contributed by atoms with Crippen molar-refractivity contribution in [3.63, 3.8) is 0 Å². The molecule has 2 amide bonds. The van der Waals surface area contributed by atoms with E-state index in [0.717, 1.165) is 30.0 Å². The molecule has 0 spiro atoms. The van der Waals surface area contributed by atoms with E-state index in [1.807, 2.05) is 36.4 Å². The van der Waals surface area contributed by atoms with Crippen molar-refractivity contribution in [2.45, 2.75) is 25.9 Å². The van der Waals surface area contributed by atoms with Crippen LogP contribution in [0.4, 0.5) is 16.3 Å². The Morgan fingerprint density at radius 2 is 1.90 bits per heavy atom. The molecule has 8 heteroatoms. The van der Waals surface area contributed by atoms with Gasteiger partial charge in [-0.25, -0.2) is 19.6 Å². The van der Waals surface area contributed by atoms with Crippen LogP contribution in [0.5, 0.6) is 0 Å². The summed E-state index contributed by atoms with van der Waals surface area (Å²) in [6, 6.07) is 12.8. The van der Waals surface area contributed by atoms with E-state index >= 15 is 0 Å². The number of hydrogen-bond acceptors (Lipinski definition) is 5. The van der Waals surface area contributed by atoms with Gasteiger partial charge in [-0.3, -0.25) is 4.57 Å². The summed E-state index contributed by atoms with van der Waals surface area (Å²) < 4.78 is 1.51. The molecule has 0 bridgehead atoms. The van der Waals surface area contributed by atoms with Crippen LogP contribution in [0, 0.1) is 0 Å². The van der Waals surface area contributed by atoms with Gasteiger partial charge in [0, 0.05) is 43.9 Å². The first-order chi connectivity index (χ1) is 14.7. The van der Waals surface area contributed by atoms with E-state index in [0.29, 0.717) is 18.8 Å². The van der Waals surface area contributed by atoms with Crippen molar-refractivity contribution in [1.29, 1.82) is 0 Å². The van der Waals surface area contributed by atoms with Crippen LogP contribution < -0.4 is 21.2 Å². The quantitative estimate of drug-likeness (QED) is 0.659. The van der Waals surface area contributed by atoms with E-state index in [1.54, 1.807) is 18.5 Å². The van der Waals surface area contributed by atoms with E-state index in [1.165, 1.54) is 23.6 Å². The summed E-state index contributed by atoms with van der Waals surface area (Å²) in [6.45, 7) is 2.89. The number of carbonyl (C=O) groups excluding carboxylic acids is 1. The molecule has 1 aromatic carbocycles. The van der Waals surface area contributed by atoms with E-state index in [9.17, 15) is 9.59 Å². The smallest absolute Gasteiger partial charge is 0.347 e. The second-order valence-electron chi connectivity index (χ2n) is 7.26. The monoisotopic (exact) mass is 404 g/mol. The van der Waals surface area contributed by atoms with Gasteiger partial charge in [-0.15, -0.1) is 0 Å². The molecule has 1 fully saturated rings. The minimum atomic E-state index is -0.307. The van der Waals surface area contributed by atoms with Gasteiger partial charge in [0.1, 0.15) is 5.82 Å². The molecule has 0 saturated carbocycles. The first-order valence-corrected chi connectivity index (χ1v) is 10.0. The number of urea groups is 1. The predicted octanol–water partition coefficient (Wildman–Crippen LogP) is 2.61. The van der Waals surface area contributed by atoms with Crippen LogP contribution in [0.25, 0.3) is 0 Å². The topological polar surface area (TPSA) is 92.2 Å². The van der Waals surface area contributed by atoms with Crippen molar-refractivity contribution in [3.8, 4) is 0 Å². The molecule has 2 aromatic heterocycles. The van der Waals surface area contributed by atoms with E-state index < -0.39 is 0 Å². The van der Waals surface area contributed by atoms with Crippen LogP contribution in [0.3, 0.4) is 0 Å². The standard InChI is InChI=1S/C22H24N6O2/c29-21(25-15-18-7-8-20(24-14-18)27-10-1-2-11-27)26-19-6-3-5-17(13-19)16-28-12-4-9-23-22(28)30/h3-9,12-14H,1-2,10-11,15-16H2,(H2,25,26,29). The van der Waals surface area contributed by atoms with Crippen molar-refractivity contribution in [3.05, 3.63) is 82.7 Å². The van der Waals surface area contributed by atoms with Gasteiger partial charge in [-0.1, -0.05) is 18.2 Å². The summed E-state index contributed by atoms with van der Waals surface area (Å²) in [5, 5.41) is 5.67. The third-order valence-corrected chi connectivity index (χ3v) is 5.01. The van der Waals surface area contributed by atoms with Crippen LogP contribution in [0.15, 0.2) is 65.8 Å². The summed E-state index contributed by atoms with van der Waals surface area (Å²) in [5.41, 5.74) is 2.19. The lowest BCUT2D eigenvalue weighted by Gasteiger charge is -2.16. The summed E-state index contributed by atoms with van der Waals surface area (Å²) >= 11 is 0. The van der Waals surface area contributed by atoms with Crippen molar-refractivity contribution < 1.29 is 4.79 Å².